The van der Waals surface area contributed by atoms with Gasteiger partial charge in [0.2, 0.25) is 0 Å². The molecule has 18 heavy (non-hydrogen) atoms. The minimum atomic E-state index is -0.101. The molecule has 92 valence electrons. The van der Waals surface area contributed by atoms with E-state index in [0.29, 0.717) is 6.61 Å². The number of esters is 1. The normalized spacial score (nSPS) is 21.8. The molecule has 1 fully saturated rings. The van der Waals surface area contributed by atoms with Crippen molar-refractivity contribution < 1.29 is 9.53 Å². The van der Waals surface area contributed by atoms with Gasteiger partial charge in [-0.1, -0.05) is 0 Å². The molecule has 1 aliphatic carbocycles. The van der Waals surface area contributed by atoms with E-state index >= 15 is 0 Å². The number of carbonyl (C=O) groups is 1. The van der Waals surface area contributed by atoms with Gasteiger partial charge in [0.05, 0.1) is 23.6 Å². The van der Waals surface area contributed by atoms with Crippen LogP contribution in [-0.4, -0.2) is 22.5 Å². The standard InChI is InChI=1S/C14H14N2O2/c1-2-18-14(17)10-8-9(10)11-5-6-12-13(16-11)4-3-7-15-12/h3-7,9-10H,2,8H2,1H3. The van der Waals surface area contributed by atoms with Crippen molar-refractivity contribution in [2.75, 3.05) is 6.61 Å². The molecule has 2 aromatic heterocycles. The van der Waals surface area contributed by atoms with Crippen molar-refractivity contribution in [3.63, 3.8) is 0 Å². The number of fused-ring (bicyclic) bond motifs is 1. The fourth-order valence-electron chi connectivity index (χ4n) is 2.21. The van der Waals surface area contributed by atoms with E-state index in [-0.39, 0.29) is 17.8 Å². The van der Waals surface area contributed by atoms with Crippen LogP contribution in [0.25, 0.3) is 11.0 Å². The molecule has 4 heteroatoms. The van der Waals surface area contributed by atoms with Crippen LogP contribution in [0.3, 0.4) is 0 Å². The summed E-state index contributed by atoms with van der Waals surface area (Å²) in [5, 5.41) is 0. The van der Waals surface area contributed by atoms with E-state index in [9.17, 15) is 4.79 Å². The summed E-state index contributed by atoms with van der Waals surface area (Å²) >= 11 is 0. The first-order valence-electron chi connectivity index (χ1n) is 6.18. The summed E-state index contributed by atoms with van der Waals surface area (Å²) < 4.78 is 5.03. The summed E-state index contributed by atoms with van der Waals surface area (Å²) in [6.07, 6.45) is 2.60. The van der Waals surface area contributed by atoms with Crippen molar-refractivity contribution in [3.8, 4) is 0 Å². The Kier molecular flexibility index (Phi) is 2.70. The van der Waals surface area contributed by atoms with Crippen LogP contribution in [0, 0.1) is 5.92 Å². The van der Waals surface area contributed by atoms with Crippen molar-refractivity contribution in [2.24, 2.45) is 5.92 Å². The second kappa shape index (κ2) is 4.37. The fraction of sp³-hybridized carbons (Fsp3) is 0.357. The van der Waals surface area contributed by atoms with E-state index in [4.69, 9.17) is 4.74 Å². The van der Waals surface area contributed by atoms with Crippen molar-refractivity contribution in [1.82, 2.24) is 9.97 Å². The fourth-order valence-corrected chi connectivity index (χ4v) is 2.21. The molecule has 4 nitrogen and oxygen atoms in total. The van der Waals surface area contributed by atoms with Gasteiger partial charge in [0.1, 0.15) is 0 Å². The Labute approximate surface area is 105 Å². The third-order valence-electron chi connectivity index (χ3n) is 3.24. The number of pyridine rings is 2. The monoisotopic (exact) mass is 242 g/mol. The maximum Gasteiger partial charge on any atom is 0.309 e. The summed E-state index contributed by atoms with van der Waals surface area (Å²) in [6, 6.07) is 7.72. The van der Waals surface area contributed by atoms with Gasteiger partial charge in [-0.3, -0.25) is 14.8 Å². The molecule has 2 unspecified atom stereocenters. The van der Waals surface area contributed by atoms with Crippen LogP contribution in [0.15, 0.2) is 30.5 Å². The first kappa shape index (κ1) is 11.1. The number of hydrogen-bond donors (Lipinski definition) is 0. The summed E-state index contributed by atoms with van der Waals surface area (Å²) in [6.45, 7) is 2.27. The maximum absolute atomic E-state index is 11.6. The first-order valence-corrected chi connectivity index (χ1v) is 6.18. The highest BCUT2D eigenvalue weighted by atomic mass is 16.5. The predicted molar refractivity (Wildman–Crippen MR) is 67.0 cm³/mol. The van der Waals surface area contributed by atoms with E-state index in [0.717, 1.165) is 23.1 Å². The summed E-state index contributed by atoms with van der Waals surface area (Å²) in [4.78, 5) is 20.4. The molecule has 3 rings (SSSR count). The largest absolute Gasteiger partial charge is 0.466 e. The second-order valence-electron chi connectivity index (χ2n) is 4.48. The predicted octanol–water partition coefficient (Wildman–Crippen LogP) is 2.30. The van der Waals surface area contributed by atoms with Gasteiger partial charge < -0.3 is 4.74 Å². The van der Waals surface area contributed by atoms with Crippen LogP contribution in [0.1, 0.15) is 25.0 Å². The molecule has 2 atom stereocenters. The highest BCUT2D eigenvalue weighted by Gasteiger charge is 2.46. The molecule has 0 N–H and O–H groups in total. The molecule has 0 saturated heterocycles. The molecule has 1 aliphatic rings. The lowest BCUT2D eigenvalue weighted by Gasteiger charge is -2.02. The zero-order valence-electron chi connectivity index (χ0n) is 10.2. The Hall–Kier alpha value is -1.97. The average molecular weight is 242 g/mol. The smallest absolute Gasteiger partial charge is 0.309 e. The topological polar surface area (TPSA) is 52.1 Å². The molecular weight excluding hydrogens is 228 g/mol. The molecule has 0 aromatic carbocycles. The minimum absolute atomic E-state index is 0.00780. The van der Waals surface area contributed by atoms with E-state index < -0.39 is 0 Å². The summed E-state index contributed by atoms with van der Waals surface area (Å²) in [5.41, 5.74) is 2.73. The minimum Gasteiger partial charge on any atom is -0.466 e. The van der Waals surface area contributed by atoms with Crippen molar-refractivity contribution in [3.05, 3.63) is 36.2 Å². The molecule has 2 heterocycles. The first-order chi connectivity index (χ1) is 8.79. The Balaban J connectivity index is 1.82. The molecule has 0 bridgehead atoms. The Morgan fingerprint density at radius 2 is 2.28 bits per heavy atom. The molecule has 0 radical (unpaired) electrons. The van der Waals surface area contributed by atoms with Gasteiger partial charge in [-0.2, -0.15) is 0 Å². The van der Waals surface area contributed by atoms with Crippen LogP contribution < -0.4 is 0 Å². The number of aromatic nitrogens is 2. The zero-order valence-corrected chi connectivity index (χ0v) is 10.2. The number of ether oxygens (including phenoxy) is 1. The Morgan fingerprint density at radius 3 is 3.11 bits per heavy atom. The molecule has 0 aliphatic heterocycles. The quantitative estimate of drug-likeness (QED) is 0.775. The van der Waals surface area contributed by atoms with Crippen molar-refractivity contribution >= 4 is 17.0 Å². The van der Waals surface area contributed by atoms with Crippen LogP contribution in [-0.2, 0) is 9.53 Å². The lowest BCUT2D eigenvalue weighted by Crippen LogP contribution is -2.07. The van der Waals surface area contributed by atoms with E-state index in [2.05, 4.69) is 9.97 Å². The Morgan fingerprint density at radius 1 is 1.39 bits per heavy atom. The number of rotatable bonds is 3. The molecular formula is C14H14N2O2. The molecule has 0 amide bonds. The third-order valence-corrected chi connectivity index (χ3v) is 3.24. The van der Waals surface area contributed by atoms with Gasteiger partial charge in [-0.15, -0.1) is 0 Å². The lowest BCUT2D eigenvalue weighted by molar-refractivity contribution is -0.144. The van der Waals surface area contributed by atoms with Gasteiger partial charge in [0, 0.05) is 17.8 Å². The summed E-state index contributed by atoms with van der Waals surface area (Å²) in [7, 11) is 0. The highest BCUT2D eigenvalue weighted by molar-refractivity contribution is 5.78. The van der Waals surface area contributed by atoms with Crippen LogP contribution in [0.5, 0.6) is 0 Å². The van der Waals surface area contributed by atoms with Crippen LogP contribution in [0.2, 0.25) is 0 Å². The SMILES string of the molecule is CCOC(=O)C1CC1c1ccc2ncccc2n1. The Bertz CT molecular complexity index is 597. The van der Waals surface area contributed by atoms with Crippen molar-refractivity contribution in [1.29, 1.82) is 0 Å². The van der Waals surface area contributed by atoms with Gasteiger partial charge in [-0.05, 0) is 37.6 Å². The lowest BCUT2D eigenvalue weighted by atomic mass is 10.2. The third kappa shape index (κ3) is 1.94. The van der Waals surface area contributed by atoms with E-state index in [1.165, 1.54) is 0 Å². The van der Waals surface area contributed by atoms with Crippen LogP contribution in [0.4, 0.5) is 0 Å². The second-order valence-corrected chi connectivity index (χ2v) is 4.48. The zero-order chi connectivity index (χ0) is 12.5. The molecule has 2 aromatic rings. The maximum atomic E-state index is 11.6. The van der Waals surface area contributed by atoms with Gasteiger partial charge in [-0.25, -0.2) is 0 Å². The summed E-state index contributed by atoms with van der Waals surface area (Å²) in [5.74, 6) is 0.107. The van der Waals surface area contributed by atoms with Crippen molar-refractivity contribution in [2.45, 2.75) is 19.3 Å². The van der Waals surface area contributed by atoms with Gasteiger partial charge >= 0.3 is 5.97 Å². The number of carbonyl (C=O) groups excluding carboxylic acids is 1. The number of nitrogens with zero attached hydrogens (tertiary/aromatic N) is 2. The van der Waals surface area contributed by atoms with Crippen LogP contribution >= 0.6 is 0 Å². The molecule has 0 spiro atoms. The van der Waals surface area contributed by atoms with Gasteiger partial charge in [0.25, 0.3) is 0 Å². The van der Waals surface area contributed by atoms with E-state index in [1.54, 1.807) is 6.20 Å². The molecule has 1 saturated carbocycles. The number of hydrogen-bond acceptors (Lipinski definition) is 4. The average Bonchev–Trinajstić information content (AvgIpc) is 3.19. The highest BCUT2D eigenvalue weighted by Crippen LogP contribution is 2.47. The van der Waals surface area contributed by atoms with Gasteiger partial charge in [0.15, 0.2) is 0 Å². The van der Waals surface area contributed by atoms with E-state index in [1.807, 2.05) is 31.2 Å².